The van der Waals surface area contributed by atoms with Crippen LogP contribution in [0.15, 0.2) is 42.9 Å². The lowest BCUT2D eigenvalue weighted by Crippen LogP contribution is -2.19. The lowest BCUT2D eigenvalue weighted by atomic mass is 9.79. The summed E-state index contributed by atoms with van der Waals surface area (Å²) in [6.45, 7) is 8.73. The van der Waals surface area contributed by atoms with Gasteiger partial charge in [0.25, 0.3) is 0 Å². The SMILES string of the molecule is CC(C)c1ccc(C(C)(C)c2cccnc2)cn1. The first-order valence-electron chi connectivity index (χ1n) is 6.38. The molecule has 2 heteroatoms. The van der Waals surface area contributed by atoms with Crippen molar-refractivity contribution in [1.82, 2.24) is 9.97 Å². The average Bonchev–Trinajstić information content (AvgIpc) is 2.40. The van der Waals surface area contributed by atoms with Crippen molar-refractivity contribution in [2.75, 3.05) is 0 Å². The van der Waals surface area contributed by atoms with E-state index in [0.717, 1.165) is 5.69 Å². The Bertz CT molecular complexity index is 498. The van der Waals surface area contributed by atoms with Gasteiger partial charge in [0.05, 0.1) is 0 Å². The van der Waals surface area contributed by atoms with E-state index in [1.54, 1.807) is 6.20 Å². The van der Waals surface area contributed by atoms with Crippen molar-refractivity contribution in [2.45, 2.75) is 39.0 Å². The summed E-state index contributed by atoms with van der Waals surface area (Å²) in [6, 6.07) is 8.39. The van der Waals surface area contributed by atoms with Crippen LogP contribution in [0.4, 0.5) is 0 Å². The molecule has 0 aromatic carbocycles. The van der Waals surface area contributed by atoms with E-state index in [1.165, 1.54) is 11.1 Å². The lowest BCUT2D eigenvalue weighted by molar-refractivity contribution is 0.631. The fraction of sp³-hybridized carbons (Fsp3) is 0.375. The maximum Gasteiger partial charge on any atom is 0.0429 e. The summed E-state index contributed by atoms with van der Waals surface area (Å²) in [5.74, 6) is 0.473. The van der Waals surface area contributed by atoms with Crippen LogP contribution < -0.4 is 0 Å². The molecule has 0 aliphatic carbocycles. The summed E-state index contributed by atoms with van der Waals surface area (Å²) in [7, 11) is 0. The van der Waals surface area contributed by atoms with Gasteiger partial charge in [0.15, 0.2) is 0 Å². The molecular weight excluding hydrogens is 220 g/mol. The van der Waals surface area contributed by atoms with E-state index in [0.29, 0.717) is 5.92 Å². The van der Waals surface area contributed by atoms with Gasteiger partial charge in [0.1, 0.15) is 0 Å². The first-order chi connectivity index (χ1) is 8.51. The number of hydrogen-bond acceptors (Lipinski definition) is 2. The molecular formula is C16H20N2. The predicted molar refractivity (Wildman–Crippen MR) is 74.7 cm³/mol. The predicted octanol–water partition coefficient (Wildman–Crippen LogP) is 3.93. The molecule has 0 atom stereocenters. The van der Waals surface area contributed by atoms with Crippen molar-refractivity contribution in [2.24, 2.45) is 0 Å². The highest BCUT2D eigenvalue weighted by Crippen LogP contribution is 2.30. The van der Waals surface area contributed by atoms with E-state index in [9.17, 15) is 0 Å². The summed E-state index contributed by atoms with van der Waals surface area (Å²) in [6.07, 6.45) is 5.72. The zero-order chi connectivity index (χ0) is 13.2. The van der Waals surface area contributed by atoms with E-state index in [4.69, 9.17) is 0 Å². The standard InChI is InChI=1S/C16H20N2/c1-12(2)15-8-7-14(11-18-15)16(3,4)13-6-5-9-17-10-13/h5-12H,1-4H3. The van der Waals surface area contributed by atoms with Crippen molar-refractivity contribution < 1.29 is 0 Å². The van der Waals surface area contributed by atoms with Gasteiger partial charge < -0.3 is 0 Å². The molecule has 2 aromatic heterocycles. The van der Waals surface area contributed by atoms with Crippen molar-refractivity contribution in [3.05, 3.63) is 59.7 Å². The molecule has 0 unspecified atom stereocenters. The fourth-order valence-electron chi connectivity index (χ4n) is 2.02. The Morgan fingerprint density at radius 1 is 1.00 bits per heavy atom. The van der Waals surface area contributed by atoms with Crippen LogP contribution in [0.3, 0.4) is 0 Å². The van der Waals surface area contributed by atoms with Crippen LogP contribution in [0.2, 0.25) is 0 Å². The number of pyridine rings is 2. The minimum absolute atomic E-state index is 0.0588. The summed E-state index contributed by atoms with van der Waals surface area (Å²) >= 11 is 0. The maximum absolute atomic E-state index is 4.55. The topological polar surface area (TPSA) is 25.8 Å². The quantitative estimate of drug-likeness (QED) is 0.812. The normalized spacial score (nSPS) is 11.8. The molecule has 0 radical (unpaired) electrons. The largest absolute Gasteiger partial charge is 0.264 e. The van der Waals surface area contributed by atoms with E-state index < -0.39 is 0 Å². The molecule has 2 heterocycles. The number of aromatic nitrogens is 2. The Labute approximate surface area is 109 Å². The second-order valence-corrected chi connectivity index (χ2v) is 5.49. The number of rotatable bonds is 3. The second kappa shape index (κ2) is 4.89. The molecule has 0 spiro atoms. The van der Waals surface area contributed by atoms with Crippen molar-refractivity contribution in [1.29, 1.82) is 0 Å². The van der Waals surface area contributed by atoms with Crippen LogP contribution in [0.25, 0.3) is 0 Å². The van der Waals surface area contributed by atoms with Crippen LogP contribution in [-0.2, 0) is 5.41 Å². The van der Waals surface area contributed by atoms with Gasteiger partial charge in [-0.25, -0.2) is 0 Å². The molecule has 2 rings (SSSR count). The molecule has 0 fully saturated rings. The summed E-state index contributed by atoms with van der Waals surface area (Å²) in [4.78, 5) is 8.75. The molecule has 0 saturated heterocycles. The highest BCUT2D eigenvalue weighted by atomic mass is 14.7. The minimum Gasteiger partial charge on any atom is -0.264 e. The average molecular weight is 240 g/mol. The van der Waals surface area contributed by atoms with Gasteiger partial charge in [-0.1, -0.05) is 39.8 Å². The molecule has 0 N–H and O–H groups in total. The van der Waals surface area contributed by atoms with E-state index in [1.807, 2.05) is 18.5 Å². The minimum atomic E-state index is -0.0588. The zero-order valence-electron chi connectivity index (χ0n) is 11.5. The zero-order valence-corrected chi connectivity index (χ0v) is 11.5. The van der Waals surface area contributed by atoms with E-state index in [-0.39, 0.29) is 5.41 Å². The van der Waals surface area contributed by atoms with Crippen LogP contribution in [-0.4, -0.2) is 9.97 Å². The first-order valence-corrected chi connectivity index (χ1v) is 6.38. The molecule has 0 bridgehead atoms. The third-order valence-corrected chi connectivity index (χ3v) is 3.48. The molecule has 18 heavy (non-hydrogen) atoms. The number of nitrogens with zero attached hydrogens (tertiary/aromatic N) is 2. The molecule has 2 aromatic rings. The van der Waals surface area contributed by atoms with Crippen LogP contribution in [0.5, 0.6) is 0 Å². The molecule has 94 valence electrons. The van der Waals surface area contributed by atoms with E-state index >= 15 is 0 Å². The van der Waals surface area contributed by atoms with Crippen LogP contribution in [0.1, 0.15) is 50.4 Å². The summed E-state index contributed by atoms with van der Waals surface area (Å²) in [5, 5.41) is 0. The molecule has 0 aliphatic heterocycles. The first kappa shape index (κ1) is 12.7. The van der Waals surface area contributed by atoms with Gasteiger partial charge in [-0.3, -0.25) is 9.97 Å². The van der Waals surface area contributed by atoms with Crippen molar-refractivity contribution in [3.8, 4) is 0 Å². The second-order valence-electron chi connectivity index (χ2n) is 5.49. The van der Waals surface area contributed by atoms with Gasteiger partial charge in [-0.15, -0.1) is 0 Å². The van der Waals surface area contributed by atoms with Gasteiger partial charge in [0.2, 0.25) is 0 Å². The van der Waals surface area contributed by atoms with Gasteiger partial charge in [-0.05, 0) is 29.2 Å². The Morgan fingerprint density at radius 2 is 1.72 bits per heavy atom. The maximum atomic E-state index is 4.55. The Balaban J connectivity index is 2.36. The molecule has 0 amide bonds. The number of hydrogen-bond donors (Lipinski definition) is 0. The third-order valence-electron chi connectivity index (χ3n) is 3.48. The van der Waals surface area contributed by atoms with Crippen LogP contribution in [0, 0.1) is 0 Å². The van der Waals surface area contributed by atoms with Gasteiger partial charge in [0, 0.05) is 29.7 Å². The highest BCUT2D eigenvalue weighted by molar-refractivity contribution is 5.35. The Hall–Kier alpha value is -1.70. The van der Waals surface area contributed by atoms with E-state index in [2.05, 4.69) is 55.9 Å². The summed E-state index contributed by atoms with van der Waals surface area (Å²) in [5.41, 5.74) is 3.52. The molecule has 2 nitrogen and oxygen atoms in total. The monoisotopic (exact) mass is 240 g/mol. The van der Waals surface area contributed by atoms with Gasteiger partial charge >= 0.3 is 0 Å². The highest BCUT2D eigenvalue weighted by Gasteiger charge is 2.23. The Morgan fingerprint density at radius 3 is 2.22 bits per heavy atom. The van der Waals surface area contributed by atoms with Crippen molar-refractivity contribution in [3.63, 3.8) is 0 Å². The molecule has 0 saturated carbocycles. The lowest BCUT2D eigenvalue weighted by Gasteiger charge is -2.25. The third kappa shape index (κ3) is 2.42. The Kier molecular flexibility index (Phi) is 3.46. The smallest absolute Gasteiger partial charge is 0.0429 e. The molecule has 0 aliphatic rings. The van der Waals surface area contributed by atoms with Crippen molar-refractivity contribution >= 4 is 0 Å². The fourth-order valence-corrected chi connectivity index (χ4v) is 2.02. The summed E-state index contributed by atoms with van der Waals surface area (Å²) < 4.78 is 0. The van der Waals surface area contributed by atoms with Crippen LogP contribution >= 0.6 is 0 Å². The van der Waals surface area contributed by atoms with Gasteiger partial charge in [-0.2, -0.15) is 0 Å².